The molecule has 0 aliphatic heterocycles. The lowest BCUT2D eigenvalue weighted by Crippen LogP contribution is -2.12. The summed E-state index contributed by atoms with van der Waals surface area (Å²) in [7, 11) is 0. The zero-order valence-electron chi connectivity index (χ0n) is 33.4. The van der Waals surface area contributed by atoms with E-state index in [0.29, 0.717) is 17.0 Å². The predicted octanol–water partition coefficient (Wildman–Crippen LogP) is 14.8. The van der Waals surface area contributed by atoms with Gasteiger partial charge in [-0.15, -0.1) is 22.7 Å². The number of thiophene rings is 2. The Balaban J connectivity index is 0.000000151. The van der Waals surface area contributed by atoms with Gasteiger partial charge in [-0.3, -0.25) is 0 Å². The van der Waals surface area contributed by atoms with Crippen LogP contribution in [0, 0.1) is 6.92 Å². The molecule has 0 bridgehead atoms. The number of hydrogen-bond acceptors (Lipinski definition) is 6. The van der Waals surface area contributed by atoms with Gasteiger partial charge in [0.1, 0.15) is 17.8 Å². The van der Waals surface area contributed by atoms with Gasteiger partial charge in [-0.05, 0) is 96.3 Å². The van der Waals surface area contributed by atoms with Crippen LogP contribution in [0.2, 0.25) is 5.15 Å². The highest BCUT2D eigenvalue weighted by atomic mass is 35.5. The molecule has 0 spiro atoms. The monoisotopic (exact) mass is 770 g/mol. The molecule has 0 saturated heterocycles. The van der Waals surface area contributed by atoms with E-state index in [2.05, 4.69) is 180 Å². The Morgan fingerprint density at radius 2 is 1.06 bits per heavy atom. The van der Waals surface area contributed by atoms with Crippen molar-refractivity contribution in [3.63, 3.8) is 0 Å². The molecule has 54 heavy (non-hydrogen) atoms. The molecule has 4 heterocycles. The Hall–Kier alpha value is -4.23. The van der Waals surface area contributed by atoms with Crippen LogP contribution in [-0.2, 0) is 10.8 Å². The molecular weight excluding hydrogens is 720 g/mol. The quantitative estimate of drug-likeness (QED) is 0.168. The first-order valence-electron chi connectivity index (χ1n) is 18.7. The molecule has 0 radical (unpaired) electrons. The molecule has 0 aliphatic rings. The van der Waals surface area contributed by atoms with E-state index in [0.717, 1.165) is 21.4 Å². The smallest absolute Gasteiger partial charge is 0.150 e. The largest absolute Gasteiger partial charge is 0.235 e. The van der Waals surface area contributed by atoms with Crippen LogP contribution in [0.15, 0.2) is 96.2 Å². The number of benzene rings is 4. The van der Waals surface area contributed by atoms with Gasteiger partial charge in [-0.2, -0.15) is 0 Å². The number of rotatable bonds is 3. The minimum atomic E-state index is 0.0697. The van der Waals surface area contributed by atoms with Gasteiger partial charge in [0.15, 0.2) is 0 Å². The van der Waals surface area contributed by atoms with Crippen LogP contribution in [0.5, 0.6) is 0 Å². The molecule has 4 nitrogen and oxygen atoms in total. The molecule has 0 aliphatic carbocycles. The van der Waals surface area contributed by atoms with Crippen LogP contribution in [-0.4, -0.2) is 19.9 Å². The average molecular weight is 772 g/mol. The second kappa shape index (κ2) is 15.9. The van der Waals surface area contributed by atoms with Crippen molar-refractivity contribution in [1.82, 2.24) is 19.9 Å². The van der Waals surface area contributed by atoms with Gasteiger partial charge in [-0.25, -0.2) is 19.9 Å². The predicted molar refractivity (Wildman–Crippen MR) is 237 cm³/mol. The average Bonchev–Trinajstić information content (AvgIpc) is 3.77. The Morgan fingerprint density at radius 3 is 1.61 bits per heavy atom. The van der Waals surface area contributed by atoms with E-state index in [1.807, 2.05) is 0 Å². The summed E-state index contributed by atoms with van der Waals surface area (Å²) in [5.74, 6) is 0.952. The first kappa shape index (κ1) is 39.5. The maximum Gasteiger partial charge on any atom is 0.150 e. The Labute approximate surface area is 333 Å². The van der Waals surface area contributed by atoms with Gasteiger partial charge in [0.25, 0.3) is 0 Å². The van der Waals surface area contributed by atoms with E-state index in [-0.39, 0.29) is 10.8 Å². The Morgan fingerprint density at radius 1 is 0.574 bits per heavy atom. The highest BCUT2D eigenvalue weighted by Crippen LogP contribution is 2.39. The fourth-order valence-electron chi connectivity index (χ4n) is 6.88. The normalized spacial score (nSPS) is 12.0. The van der Waals surface area contributed by atoms with Crippen LogP contribution in [0.25, 0.3) is 53.2 Å². The molecule has 0 saturated carbocycles. The topological polar surface area (TPSA) is 51.6 Å². The zero-order valence-corrected chi connectivity index (χ0v) is 35.8. The molecule has 8 aromatic rings. The summed E-state index contributed by atoms with van der Waals surface area (Å²) in [6, 6.07) is 26.4. The molecule has 4 aromatic heterocycles. The first-order chi connectivity index (χ1) is 25.5. The van der Waals surface area contributed by atoms with Gasteiger partial charge >= 0.3 is 0 Å². The second-order valence-electron chi connectivity index (χ2n) is 16.7. The summed E-state index contributed by atoms with van der Waals surface area (Å²) in [5, 5.41) is 10.2. The van der Waals surface area contributed by atoms with Crippen molar-refractivity contribution in [1.29, 1.82) is 0 Å². The van der Waals surface area contributed by atoms with Crippen molar-refractivity contribution in [3.05, 3.63) is 129 Å². The van der Waals surface area contributed by atoms with Crippen LogP contribution in [0.4, 0.5) is 0 Å². The molecule has 0 amide bonds. The van der Waals surface area contributed by atoms with E-state index in [9.17, 15) is 0 Å². The molecule has 7 heteroatoms. The summed E-state index contributed by atoms with van der Waals surface area (Å²) in [5.41, 5.74) is 11.3. The van der Waals surface area contributed by atoms with E-state index >= 15 is 0 Å². The van der Waals surface area contributed by atoms with Crippen molar-refractivity contribution in [2.24, 2.45) is 0 Å². The number of halogens is 1. The number of nitrogens with zero attached hydrogens (tertiary/aromatic N) is 4. The number of aromatic nitrogens is 4. The second-order valence-corrected chi connectivity index (χ2v) is 18.8. The zero-order chi connectivity index (χ0) is 38.9. The van der Waals surface area contributed by atoms with E-state index in [4.69, 9.17) is 11.6 Å². The molecule has 0 unspecified atom stereocenters. The van der Waals surface area contributed by atoms with E-state index in [1.54, 1.807) is 29.0 Å². The first-order valence-corrected chi connectivity index (χ1v) is 20.8. The third-order valence-corrected chi connectivity index (χ3v) is 12.1. The molecule has 278 valence electrons. The molecule has 0 atom stereocenters. The highest BCUT2D eigenvalue weighted by molar-refractivity contribution is 7.18. The van der Waals surface area contributed by atoms with Crippen molar-refractivity contribution < 1.29 is 0 Å². The Bertz CT molecular complexity index is 2570. The molecule has 0 N–H and O–H groups in total. The maximum absolute atomic E-state index is 5.93. The van der Waals surface area contributed by atoms with E-state index < -0.39 is 0 Å². The van der Waals surface area contributed by atoms with Gasteiger partial charge in [0.05, 0.1) is 26.1 Å². The molecule has 8 rings (SSSR count). The summed E-state index contributed by atoms with van der Waals surface area (Å²) >= 11 is 9.30. The lowest BCUT2D eigenvalue weighted by molar-refractivity contribution is 0.595. The third-order valence-electron chi connectivity index (χ3n) is 9.72. The van der Waals surface area contributed by atoms with Gasteiger partial charge in [-0.1, -0.05) is 147 Å². The minimum Gasteiger partial charge on any atom is -0.235 e. The SMILES string of the molecule is CC(C)c1csc2c(-c3cc(C(C)(C)C)c4ccccc4c3)ncnc12.CC(C)c1csc2c(Cl)ncnc12.Cc1cc(C(C)(C)C)c2ccccc2c1. The Kier molecular flexibility index (Phi) is 11.6. The van der Waals surface area contributed by atoms with Crippen molar-refractivity contribution in [2.75, 3.05) is 0 Å². The van der Waals surface area contributed by atoms with Crippen LogP contribution >= 0.6 is 34.3 Å². The summed E-state index contributed by atoms with van der Waals surface area (Å²) in [6.45, 7) is 24.5. The van der Waals surface area contributed by atoms with Crippen molar-refractivity contribution in [2.45, 2.75) is 98.8 Å². The van der Waals surface area contributed by atoms with Gasteiger partial charge < -0.3 is 0 Å². The highest BCUT2D eigenvalue weighted by Gasteiger charge is 2.21. The number of aryl methyl sites for hydroxylation is 1. The standard InChI is InChI=1S/C23H24N2S.C15H18.C9H9ClN2S/c1-14(2)18-12-26-22-20(24-13-25-21(18)22)16-10-15-8-6-7-9-17(15)19(11-16)23(3,4)5;1-11-9-12-7-5-6-8-13(12)14(10-11)15(2,3)4;1-5(2)6-3-13-8-7(6)11-4-12-9(8)10/h6-14H,1-5H3;5-10H,1-4H3;3-5H,1-2H3. The van der Waals surface area contributed by atoms with Gasteiger partial charge in [0.2, 0.25) is 0 Å². The fraction of sp³-hybridized carbons (Fsp3) is 0.319. The molecule has 0 fully saturated rings. The van der Waals surface area contributed by atoms with Crippen molar-refractivity contribution in [3.8, 4) is 11.3 Å². The summed E-state index contributed by atoms with van der Waals surface area (Å²) < 4.78 is 2.18. The lowest BCUT2D eigenvalue weighted by atomic mass is 9.82. The van der Waals surface area contributed by atoms with Crippen LogP contribution < -0.4 is 0 Å². The van der Waals surface area contributed by atoms with E-state index in [1.165, 1.54) is 66.0 Å². The number of hydrogen-bond donors (Lipinski definition) is 0. The van der Waals surface area contributed by atoms with Crippen LogP contribution in [0.3, 0.4) is 0 Å². The van der Waals surface area contributed by atoms with Crippen LogP contribution in [0.1, 0.15) is 109 Å². The van der Waals surface area contributed by atoms with Crippen molar-refractivity contribution >= 4 is 76.3 Å². The third kappa shape index (κ3) is 8.36. The number of fused-ring (bicyclic) bond motifs is 4. The summed E-state index contributed by atoms with van der Waals surface area (Å²) in [4.78, 5) is 17.4. The molecular formula is C47H51ClN4S2. The van der Waals surface area contributed by atoms with Gasteiger partial charge in [0, 0.05) is 5.56 Å². The fourth-order valence-corrected chi connectivity index (χ4v) is 9.40. The summed E-state index contributed by atoms with van der Waals surface area (Å²) in [6.07, 6.45) is 3.23. The maximum atomic E-state index is 5.93. The molecule has 4 aromatic carbocycles. The lowest BCUT2D eigenvalue weighted by Gasteiger charge is -2.22. The minimum absolute atomic E-state index is 0.0697.